The maximum atomic E-state index is 10.8. The summed E-state index contributed by atoms with van der Waals surface area (Å²) < 4.78 is 5.47. The second-order valence-electron chi connectivity index (χ2n) is 4.46. The van der Waals surface area contributed by atoms with Gasteiger partial charge in [0, 0.05) is 0 Å². The molecule has 0 bridgehead atoms. The Bertz CT molecular complexity index is 418. The number of fused-ring (bicyclic) bond motifs is 1. The molecule has 1 unspecified atom stereocenters. The first-order chi connectivity index (χ1) is 8.16. The van der Waals surface area contributed by atoms with Gasteiger partial charge in [-0.3, -0.25) is 4.79 Å². The quantitative estimate of drug-likeness (QED) is 0.807. The second kappa shape index (κ2) is 5.19. The maximum Gasteiger partial charge on any atom is 0.237 e. The largest absolute Gasteiger partial charge is 0.491 e. The predicted octanol–water partition coefficient (Wildman–Crippen LogP) is 0.757. The number of aryl methyl sites for hydroxylation is 2. The predicted molar refractivity (Wildman–Crippen MR) is 65.7 cm³/mol. The van der Waals surface area contributed by atoms with Crippen LogP contribution in [-0.2, 0) is 17.6 Å². The molecule has 1 atom stereocenters. The van der Waals surface area contributed by atoms with Gasteiger partial charge in [-0.2, -0.15) is 0 Å². The van der Waals surface area contributed by atoms with E-state index in [1.807, 2.05) is 12.1 Å². The zero-order chi connectivity index (χ0) is 12.3. The molecule has 2 rings (SSSR count). The van der Waals surface area contributed by atoms with E-state index in [4.69, 9.17) is 16.2 Å². The Morgan fingerprint density at radius 1 is 1.29 bits per heavy atom. The van der Waals surface area contributed by atoms with Crippen LogP contribution in [0.5, 0.6) is 5.75 Å². The van der Waals surface area contributed by atoms with E-state index in [0.29, 0.717) is 0 Å². The van der Waals surface area contributed by atoms with Gasteiger partial charge in [0.15, 0.2) is 0 Å². The zero-order valence-corrected chi connectivity index (χ0v) is 9.82. The van der Waals surface area contributed by atoms with Crippen molar-refractivity contribution in [1.29, 1.82) is 0 Å². The molecule has 0 aromatic heterocycles. The summed E-state index contributed by atoms with van der Waals surface area (Å²) in [5, 5.41) is 0. The molecule has 0 fully saturated rings. The van der Waals surface area contributed by atoms with Crippen LogP contribution in [0.15, 0.2) is 18.2 Å². The lowest BCUT2D eigenvalue weighted by Crippen LogP contribution is -2.41. The van der Waals surface area contributed by atoms with Crippen LogP contribution in [0.2, 0.25) is 0 Å². The van der Waals surface area contributed by atoms with Gasteiger partial charge in [-0.05, 0) is 48.9 Å². The summed E-state index contributed by atoms with van der Waals surface area (Å²) in [4.78, 5) is 10.8. The number of rotatable bonds is 4. The van der Waals surface area contributed by atoms with E-state index in [1.54, 1.807) is 0 Å². The highest BCUT2D eigenvalue weighted by atomic mass is 16.5. The van der Waals surface area contributed by atoms with E-state index < -0.39 is 11.9 Å². The third-order valence-electron chi connectivity index (χ3n) is 3.11. The standard InChI is InChI=1S/C13H18N2O2/c14-12(13(15)16)8-17-11-6-5-9-3-1-2-4-10(9)7-11/h5-7,12H,1-4,8,14H2,(H2,15,16). The van der Waals surface area contributed by atoms with Gasteiger partial charge in [0.05, 0.1) is 0 Å². The fraction of sp³-hybridized carbons (Fsp3) is 0.462. The Morgan fingerprint density at radius 3 is 2.71 bits per heavy atom. The van der Waals surface area contributed by atoms with Crippen LogP contribution in [0.3, 0.4) is 0 Å². The van der Waals surface area contributed by atoms with Crippen LogP contribution in [0.4, 0.5) is 0 Å². The molecule has 1 aromatic carbocycles. The highest BCUT2D eigenvalue weighted by Gasteiger charge is 2.12. The molecule has 0 spiro atoms. The molecule has 4 heteroatoms. The summed E-state index contributed by atoms with van der Waals surface area (Å²) in [6, 6.07) is 5.32. The summed E-state index contributed by atoms with van der Waals surface area (Å²) in [5.41, 5.74) is 13.3. The van der Waals surface area contributed by atoms with Crippen molar-refractivity contribution in [1.82, 2.24) is 0 Å². The smallest absolute Gasteiger partial charge is 0.237 e. The van der Waals surface area contributed by atoms with Crippen LogP contribution >= 0.6 is 0 Å². The first-order valence-electron chi connectivity index (χ1n) is 5.96. The fourth-order valence-corrected chi connectivity index (χ4v) is 2.07. The van der Waals surface area contributed by atoms with Gasteiger partial charge in [0.1, 0.15) is 18.4 Å². The summed E-state index contributed by atoms with van der Waals surface area (Å²) in [6.45, 7) is 0.133. The molecule has 1 aliphatic carbocycles. The zero-order valence-electron chi connectivity index (χ0n) is 9.82. The van der Waals surface area contributed by atoms with Crippen LogP contribution in [0, 0.1) is 0 Å². The number of hydrogen-bond acceptors (Lipinski definition) is 3. The van der Waals surface area contributed by atoms with E-state index in [-0.39, 0.29) is 6.61 Å². The molecule has 4 nitrogen and oxygen atoms in total. The molecule has 0 saturated carbocycles. The minimum atomic E-state index is -0.744. The molecule has 0 heterocycles. The van der Waals surface area contributed by atoms with E-state index in [9.17, 15) is 4.79 Å². The minimum Gasteiger partial charge on any atom is -0.491 e. The van der Waals surface area contributed by atoms with Crippen molar-refractivity contribution in [3.8, 4) is 5.75 Å². The summed E-state index contributed by atoms with van der Waals surface area (Å²) in [6.07, 6.45) is 4.75. The number of primary amides is 1. The van der Waals surface area contributed by atoms with Crippen molar-refractivity contribution >= 4 is 5.91 Å². The van der Waals surface area contributed by atoms with E-state index in [1.165, 1.54) is 24.0 Å². The highest BCUT2D eigenvalue weighted by Crippen LogP contribution is 2.25. The minimum absolute atomic E-state index is 0.133. The summed E-state index contributed by atoms with van der Waals surface area (Å²) in [7, 11) is 0. The Morgan fingerprint density at radius 2 is 2.00 bits per heavy atom. The second-order valence-corrected chi connectivity index (χ2v) is 4.46. The van der Waals surface area contributed by atoms with Crippen LogP contribution in [-0.4, -0.2) is 18.6 Å². The lowest BCUT2D eigenvalue weighted by molar-refractivity contribution is -0.119. The van der Waals surface area contributed by atoms with Gasteiger partial charge in [0.25, 0.3) is 0 Å². The van der Waals surface area contributed by atoms with E-state index in [2.05, 4.69) is 6.07 Å². The Balaban J connectivity index is 2.00. The normalized spacial score (nSPS) is 16.1. The Hall–Kier alpha value is -1.55. The van der Waals surface area contributed by atoms with Gasteiger partial charge < -0.3 is 16.2 Å². The molecule has 4 N–H and O–H groups in total. The Labute approximate surface area is 101 Å². The van der Waals surface area contributed by atoms with Crippen molar-refractivity contribution in [2.75, 3.05) is 6.61 Å². The molecule has 92 valence electrons. The molecular weight excluding hydrogens is 216 g/mol. The molecule has 0 radical (unpaired) electrons. The van der Waals surface area contributed by atoms with Gasteiger partial charge in [0.2, 0.25) is 5.91 Å². The lowest BCUT2D eigenvalue weighted by atomic mass is 9.92. The number of carbonyl (C=O) groups is 1. The van der Waals surface area contributed by atoms with Gasteiger partial charge in [-0.1, -0.05) is 6.07 Å². The SMILES string of the molecule is NC(=O)C(N)COc1ccc2c(c1)CCCC2. The third kappa shape index (κ3) is 2.97. The molecule has 1 amide bonds. The van der Waals surface area contributed by atoms with E-state index >= 15 is 0 Å². The monoisotopic (exact) mass is 234 g/mol. The molecule has 17 heavy (non-hydrogen) atoms. The summed E-state index contributed by atoms with van der Waals surface area (Å²) in [5.74, 6) is 0.227. The number of hydrogen-bond donors (Lipinski definition) is 2. The molecule has 0 aliphatic heterocycles. The molecule has 1 aliphatic rings. The number of amides is 1. The van der Waals surface area contributed by atoms with Crippen molar-refractivity contribution in [2.24, 2.45) is 11.5 Å². The van der Waals surface area contributed by atoms with Gasteiger partial charge in [-0.15, -0.1) is 0 Å². The van der Waals surface area contributed by atoms with Crippen LogP contribution in [0.1, 0.15) is 24.0 Å². The first-order valence-corrected chi connectivity index (χ1v) is 5.96. The third-order valence-corrected chi connectivity index (χ3v) is 3.11. The number of carbonyl (C=O) groups excluding carboxylic acids is 1. The lowest BCUT2D eigenvalue weighted by Gasteiger charge is -2.17. The van der Waals surface area contributed by atoms with E-state index in [0.717, 1.165) is 18.6 Å². The fourth-order valence-electron chi connectivity index (χ4n) is 2.07. The molecule has 1 aromatic rings. The van der Waals surface area contributed by atoms with Crippen molar-refractivity contribution in [3.63, 3.8) is 0 Å². The molecule has 0 saturated heterocycles. The van der Waals surface area contributed by atoms with Crippen LogP contribution < -0.4 is 16.2 Å². The van der Waals surface area contributed by atoms with Crippen molar-refractivity contribution < 1.29 is 9.53 Å². The molecular formula is C13H18N2O2. The Kier molecular flexibility index (Phi) is 3.64. The average molecular weight is 234 g/mol. The number of benzene rings is 1. The first kappa shape index (κ1) is 11.9. The topological polar surface area (TPSA) is 78.3 Å². The van der Waals surface area contributed by atoms with Crippen LogP contribution in [0.25, 0.3) is 0 Å². The highest BCUT2D eigenvalue weighted by molar-refractivity contribution is 5.79. The van der Waals surface area contributed by atoms with Crippen molar-refractivity contribution in [3.05, 3.63) is 29.3 Å². The van der Waals surface area contributed by atoms with Gasteiger partial charge in [-0.25, -0.2) is 0 Å². The number of nitrogens with two attached hydrogens (primary N) is 2. The average Bonchev–Trinajstić information content (AvgIpc) is 2.35. The van der Waals surface area contributed by atoms with Gasteiger partial charge >= 0.3 is 0 Å². The maximum absolute atomic E-state index is 10.8. The van der Waals surface area contributed by atoms with Crippen molar-refractivity contribution in [2.45, 2.75) is 31.7 Å². The summed E-state index contributed by atoms with van der Waals surface area (Å²) >= 11 is 0. The number of ether oxygens (including phenoxy) is 1.